The minimum absolute atomic E-state index is 0.442. The number of rotatable bonds is 7. The van der Waals surface area contributed by atoms with Crippen LogP contribution in [0.1, 0.15) is 22.3 Å². The van der Waals surface area contributed by atoms with Gasteiger partial charge in [-0.05, 0) is 61.2 Å². The number of carbonyl (C=O) groups is 1. The molecule has 0 fully saturated rings. The summed E-state index contributed by atoms with van der Waals surface area (Å²) in [5.74, 6) is 0.686. The molecule has 1 N–H and O–H groups in total. The second-order valence-electron chi connectivity index (χ2n) is 5.59. The first-order valence-electron chi connectivity index (χ1n) is 7.81. The molecule has 0 saturated heterocycles. The third kappa shape index (κ3) is 4.88. The SMILES string of the molecule is Cc1ccc(C)c(OCCOc2ccc(C=CC(=O)O)cc2)c1C. The van der Waals surface area contributed by atoms with E-state index >= 15 is 0 Å². The summed E-state index contributed by atoms with van der Waals surface area (Å²) in [5.41, 5.74) is 4.30. The van der Waals surface area contributed by atoms with Crippen LogP contribution in [-0.2, 0) is 4.79 Å². The van der Waals surface area contributed by atoms with Gasteiger partial charge >= 0.3 is 5.97 Å². The molecule has 24 heavy (non-hydrogen) atoms. The van der Waals surface area contributed by atoms with Crippen molar-refractivity contribution >= 4 is 12.0 Å². The van der Waals surface area contributed by atoms with Crippen LogP contribution < -0.4 is 9.47 Å². The van der Waals surface area contributed by atoms with E-state index in [-0.39, 0.29) is 0 Å². The Hall–Kier alpha value is -2.75. The van der Waals surface area contributed by atoms with Gasteiger partial charge in [-0.1, -0.05) is 24.3 Å². The minimum Gasteiger partial charge on any atom is -0.490 e. The molecule has 0 aliphatic heterocycles. The molecule has 0 unspecified atom stereocenters. The van der Waals surface area contributed by atoms with E-state index in [9.17, 15) is 4.79 Å². The van der Waals surface area contributed by atoms with E-state index in [0.29, 0.717) is 13.2 Å². The lowest BCUT2D eigenvalue weighted by Gasteiger charge is -2.14. The highest BCUT2D eigenvalue weighted by Crippen LogP contribution is 2.25. The Kier molecular flexibility index (Phi) is 6.01. The molecule has 0 amide bonds. The Morgan fingerprint density at radius 3 is 2.25 bits per heavy atom. The molecular formula is C20H22O4. The fraction of sp³-hybridized carbons (Fsp3) is 0.250. The maximum atomic E-state index is 10.5. The fourth-order valence-corrected chi connectivity index (χ4v) is 2.29. The Labute approximate surface area is 142 Å². The highest BCUT2D eigenvalue weighted by molar-refractivity contribution is 5.85. The van der Waals surface area contributed by atoms with E-state index < -0.39 is 5.97 Å². The average molecular weight is 326 g/mol. The largest absolute Gasteiger partial charge is 0.490 e. The van der Waals surface area contributed by atoms with Gasteiger partial charge in [0.05, 0.1) is 0 Å². The zero-order valence-corrected chi connectivity index (χ0v) is 14.2. The Bertz CT molecular complexity index is 730. The molecule has 0 atom stereocenters. The van der Waals surface area contributed by atoms with Crippen molar-refractivity contribution in [2.24, 2.45) is 0 Å². The predicted octanol–water partition coefficient (Wildman–Crippen LogP) is 4.17. The van der Waals surface area contributed by atoms with Crippen molar-refractivity contribution in [3.05, 3.63) is 64.7 Å². The number of carboxylic acids is 1. The lowest BCUT2D eigenvalue weighted by atomic mass is 10.1. The van der Waals surface area contributed by atoms with E-state index in [1.54, 1.807) is 6.08 Å². The second kappa shape index (κ2) is 8.20. The van der Waals surface area contributed by atoms with E-state index in [0.717, 1.165) is 34.3 Å². The first-order chi connectivity index (χ1) is 11.5. The van der Waals surface area contributed by atoms with Crippen LogP contribution >= 0.6 is 0 Å². The normalized spacial score (nSPS) is 10.8. The molecule has 0 heterocycles. The number of hydrogen-bond acceptors (Lipinski definition) is 3. The van der Waals surface area contributed by atoms with Crippen molar-refractivity contribution < 1.29 is 19.4 Å². The number of hydrogen-bond donors (Lipinski definition) is 1. The number of aliphatic carboxylic acids is 1. The number of benzene rings is 2. The molecule has 4 nitrogen and oxygen atoms in total. The second-order valence-corrected chi connectivity index (χ2v) is 5.59. The first kappa shape index (κ1) is 17.6. The summed E-state index contributed by atoms with van der Waals surface area (Å²) < 4.78 is 11.5. The Morgan fingerprint density at radius 2 is 1.58 bits per heavy atom. The van der Waals surface area contributed by atoms with E-state index in [1.165, 1.54) is 5.56 Å². The van der Waals surface area contributed by atoms with Crippen LogP contribution in [0.25, 0.3) is 6.08 Å². The van der Waals surface area contributed by atoms with Gasteiger partial charge in [0.15, 0.2) is 0 Å². The van der Waals surface area contributed by atoms with Gasteiger partial charge in [-0.15, -0.1) is 0 Å². The third-order valence-corrected chi connectivity index (χ3v) is 3.77. The highest BCUT2D eigenvalue weighted by atomic mass is 16.5. The molecule has 126 valence electrons. The van der Waals surface area contributed by atoms with Gasteiger partial charge in [-0.25, -0.2) is 4.79 Å². The molecule has 0 bridgehead atoms. The summed E-state index contributed by atoms with van der Waals surface area (Å²) in [6, 6.07) is 11.4. The average Bonchev–Trinajstić information content (AvgIpc) is 2.57. The molecule has 2 rings (SSSR count). The van der Waals surface area contributed by atoms with Crippen molar-refractivity contribution in [1.82, 2.24) is 0 Å². The van der Waals surface area contributed by atoms with Crippen LogP contribution in [0.5, 0.6) is 11.5 Å². The molecule has 0 radical (unpaired) electrons. The fourth-order valence-electron chi connectivity index (χ4n) is 2.29. The lowest BCUT2D eigenvalue weighted by molar-refractivity contribution is -0.131. The summed E-state index contributed by atoms with van der Waals surface area (Å²) in [4.78, 5) is 10.5. The van der Waals surface area contributed by atoms with Gasteiger partial charge in [0.1, 0.15) is 24.7 Å². The molecule has 0 spiro atoms. The van der Waals surface area contributed by atoms with Gasteiger partial charge in [0.2, 0.25) is 0 Å². The van der Waals surface area contributed by atoms with Gasteiger partial charge in [0.25, 0.3) is 0 Å². The topological polar surface area (TPSA) is 55.8 Å². The summed E-state index contributed by atoms with van der Waals surface area (Å²) in [6.45, 7) is 7.06. The van der Waals surface area contributed by atoms with Crippen molar-refractivity contribution in [2.45, 2.75) is 20.8 Å². The molecule has 0 aromatic heterocycles. The molecule has 4 heteroatoms. The molecule has 0 aliphatic carbocycles. The van der Waals surface area contributed by atoms with Gasteiger partial charge in [-0.3, -0.25) is 0 Å². The third-order valence-electron chi connectivity index (χ3n) is 3.77. The summed E-state index contributed by atoms with van der Waals surface area (Å²) in [6.07, 6.45) is 2.65. The number of ether oxygens (including phenoxy) is 2. The maximum absolute atomic E-state index is 10.5. The number of carboxylic acid groups (broad SMARTS) is 1. The number of aryl methyl sites for hydroxylation is 2. The minimum atomic E-state index is -0.964. The van der Waals surface area contributed by atoms with E-state index in [2.05, 4.69) is 26.0 Å². The first-order valence-corrected chi connectivity index (χ1v) is 7.81. The lowest BCUT2D eigenvalue weighted by Crippen LogP contribution is -2.10. The van der Waals surface area contributed by atoms with Crippen LogP contribution in [0.15, 0.2) is 42.5 Å². The van der Waals surface area contributed by atoms with Crippen molar-refractivity contribution in [1.29, 1.82) is 0 Å². The zero-order chi connectivity index (χ0) is 17.5. The molecule has 0 saturated carbocycles. The van der Waals surface area contributed by atoms with Crippen LogP contribution in [0.4, 0.5) is 0 Å². The molecule has 2 aromatic rings. The van der Waals surface area contributed by atoms with Gasteiger partial charge in [0, 0.05) is 6.08 Å². The van der Waals surface area contributed by atoms with Crippen LogP contribution in [-0.4, -0.2) is 24.3 Å². The maximum Gasteiger partial charge on any atom is 0.328 e. The van der Waals surface area contributed by atoms with Crippen molar-refractivity contribution in [3.63, 3.8) is 0 Å². The van der Waals surface area contributed by atoms with Gasteiger partial charge in [-0.2, -0.15) is 0 Å². The molecular weight excluding hydrogens is 304 g/mol. The van der Waals surface area contributed by atoms with Crippen molar-refractivity contribution in [3.8, 4) is 11.5 Å². The smallest absolute Gasteiger partial charge is 0.328 e. The van der Waals surface area contributed by atoms with Crippen LogP contribution in [0, 0.1) is 20.8 Å². The summed E-state index contributed by atoms with van der Waals surface area (Å²) in [5, 5.41) is 8.60. The standard InChI is InChI=1S/C20H22O4/c1-14-4-5-15(2)20(16(14)3)24-13-12-23-18-9-6-17(7-10-18)8-11-19(21)22/h4-11H,12-13H2,1-3H3,(H,21,22). The molecule has 2 aromatic carbocycles. The molecule has 0 aliphatic rings. The van der Waals surface area contributed by atoms with Crippen LogP contribution in [0.2, 0.25) is 0 Å². The zero-order valence-electron chi connectivity index (χ0n) is 14.2. The van der Waals surface area contributed by atoms with E-state index in [1.807, 2.05) is 31.2 Å². The predicted molar refractivity (Wildman–Crippen MR) is 94.8 cm³/mol. The van der Waals surface area contributed by atoms with Crippen molar-refractivity contribution in [2.75, 3.05) is 13.2 Å². The summed E-state index contributed by atoms with van der Waals surface area (Å²) >= 11 is 0. The quantitative estimate of drug-likeness (QED) is 0.613. The Balaban J connectivity index is 1.85. The highest BCUT2D eigenvalue weighted by Gasteiger charge is 2.06. The Morgan fingerprint density at radius 1 is 0.958 bits per heavy atom. The monoisotopic (exact) mass is 326 g/mol. The summed E-state index contributed by atoms with van der Waals surface area (Å²) in [7, 11) is 0. The van der Waals surface area contributed by atoms with E-state index in [4.69, 9.17) is 14.6 Å². The van der Waals surface area contributed by atoms with Gasteiger partial charge < -0.3 is 14.6 Å². The van der Waals surface area contributed by atoms with Crippen LogP contribution in [0.3, 0.4) is 0 Å².